The van der Waals surface area contributed by atoms with Crippen LogP contribution in [0.2, 0.25) is 5.02 Å². The lowest BCUT2D eigenvalue weighted by Crippen LogP contribution is -2.37. The van der Waals surface area contributed by atoms with Gasteiger partial charge in [0.1, 0.15) is 0 Å². The van der Waals surface area contributed by atoms with Gasteiger partial charge in [-0.1, -0.05) is 30.7 Å². The maximum absolute atomic E-state index is 12.6. The Kier molecular flexibility index (Phi) is 4.21. The van der Waals surface area contributed by atoms with Crippen LogP contribution in [0.15, 0.2) is 43.0 Å². The molecule has 1 atom stereocenters. The number of carbonyl (C=O) groups excluding carboxylic acids is 1. The summed E-state index contributed by atoms with van der Waals surface area (Å²) in [5.74, 6) is 0.492. The van der Waals surface area contributed by atoms with E-state index in [1.165, 1.54) is 0 Å². The lowest BCUT2D eigenvalue weighted by atomic mass is 9.95. The third-order valence-electron chi connectivity index (χ3n) is 4.27. The number of amides is 1. The van der Waals surface area contributed by atoms with Crippen molar-refractivity contribution in [3.63, 3.8) is 0 Å². The van der Waals surface area contributed by atoms with Crippen LogP contribution in [-0.4, -0.2) is 22.0 Å². The van der Waals surface area contributed by atoms with E-state index in [1.54, 1.807) is 12.5 Å². The first-order valence-electron chi connectivity index (χ1n) is 7.60. The molecule has 3 rings (SSSR count). The molecule has 1 aliphatic carbocycles. The van der Waals surface area contributed by atoms with Crippen molar-refractivity contribution >= 4 is 17.5 Å². The first kappa shape index (κ1) is 15.1. The Morgan fingerprint density at radius 1 is 1.41 bits per heavy atom. The first-order chi connectivity index (χ1) is 10.6. The lowest BCUT2D eigenvalue weighted by molar-refractivity contribution is -0.123. The van der Waals surface area contributed by atoms with Gasteiger partial charge in [-0.2, -0.15) is 0 Å². The maximum Gasteiger partial charge on any atom is 0.230 e. The molecule has 0 spiro atoms. The molecule has 1 aromatic heterocycles. The van der Waals surface area contributed by atoms with E-state index in [1.807, 2.05) is 35.0 Å². The monoisotopic (exact) mass is 317 g/mol. The van der Waals surface area contributed by atoms with Crippen LogP contribution in [0.1, 0.15) is 25.3 Å². The quantitative estimate of drug-likeness (QED) is 0.890. The van der Waals surface area contributed by atoms with Crippen molar-refractivity contribution in [1.82, 2.24) is 14.9 Å². The van der Waals surface area contributed by atoms with Crippen LogP contribution in [0.3, 0.4) is 0 Å². The molecule has 0 radical (unpaired) electrons. The highest BCUT2D eigenvalue weighted by Crippen LogP contribution is 2.48. The zero-order chi connectivity index (χ0) is 15.6. The van der Waals surface area contributed by atoms with Crippen molar-refractivity contribution in [2.45, 2.75) is 31.7 Å². The zero-order valence-corrected chi connectivity index (χ0v) is 13.4. The lowest BCUT2D eigenvalue weighted by Gasteiger charge is -2.18. The van der Waals surface area contributed by atoms with Gasteiger partial charge < -0.3 is 9.88 Å². The van der Waals surface area contributed by atoms with Crippen molar-refractivity contribution in [3.8, 4) is 0 Å². The van der Waals surface area contributed by atoms with Crippen LogP contribution in [0.4, 0.5) is 0 Å². The maximum atomic E-state index is 12.6. The molecule has 1 saturated carbocycles. The van der Waals surface area contributed by atoms with Gasteiger partial charge in [-0.15, -0.1) is 0 Å². The summed E-state index contributed by atoms with van der Waals surface area (Å²) in [5, 5.41) is 3.81. The molecule has 5 heteroatoms. The predicted molar refractivity (Wildman–Crippen MR) is 86.8 cm³/mol. The number of imidazole rings is 1. The highest BCUT2D eigenvalue weighted by Gasteiger charge is 2.51. The molecule has 0 saturated heterocycles. The van der Waals surface area contributed by atoms with Crippen LogP contribution in [0.25, 0.3) is 0 Å². The van der Waals surface area contributed by atoms with Crippen molar-refractivity contribution < 1.29 is 4.79 Å². The third-order valence-corrected chi connectivity index (χ3v) is 4.53. The number of aromatic nitrogens is 2. The van der Waals surface area contributed by atoms with Gasteiger partial charge >= 0.3 is 0 Å². The van der Waals surface area contributed by atoms with Crippen LogP contribution < -0.4 is 5.32 Å². The summed E-state index contributed by atoms with van der Waals surface area (Å²) < 4.78 is 2.03. The number of nitrogens with zero attached hydrogens (tertiary/aromatic N) is 2. The highest BCUT2D eigenvalue weighted by atomic mass is 35.5. The molecule has 22 heavy (non-hydrogen) atoms. The zero-order valence-electron chi connectivity index (χ0n) is 12.6. The Morgan fingerprint density at radius 3 is 2.73 bits per heavy atom. The first-order valence-corrected chi connectivity index (χ1v) is 7.98. The molecule has 2 aromatic rings. The molecular formula is C17H20ClN3O. The number of halogens is 1. The second-order valence-electron chi connectivity index (χ2n) is 6.16. The smallest absolute Gasteiger partial charge is 0.230 e. The van der Waals surface area contributed by atoms with E-state index in [4.69, 9.17) is 11.6 Å². The fourth-order valence-corrected chi connectivity index (χ4v) is 2.92. The van der Waals surface area contributed by atoms with Crippen molar-refractivity contribution in [1.29, 1.82) is 0 Å². The standard InChI is InChI=1S/C17H20ClN3O/c1-13(11-21-9-8-19-12-21)10-20-16(22)17(6-7-17)14-2-4-15(18)5-3-14/h2-5,8-9,12-13H,6-7,10-11H2,1H3,(H,20,22). The normalized spacial score (nSPS) is 17.0. The number of nitrogens with one attached hydrogen (secondary N) is 1. The van der Waals surface area contributed by atoms with Crippen molar-refractivity contribution in [3.05, 3.63) is 53.6 Å². The van der Waals surface area contributed by atoms with E-state index < -0.39 is 0 Å². The molecular weight excluding hydrogens is 298 g/mol. The van der Waals surface area contributed by atoms with Crippen LogP contribution >= 0.6 is 11.6 Å². The molecule has 0 aliphatic heterocycles. The van der Waals surface area contributed by atoms with E-state index in [2.05, 4.69) is 17.2 Å². The minimum Gasteiger partial charge on any atom is -0.355 e. The highest BCUT2D eigenvalue weighted by molar-refractivity contribution is 6.30. The minimum atomic E-state index is -0.334. The number of benzene rings is 1. The molecule has 1 fully saturated rings. The van der Waals surface area contributed by atoms with Gasteiger partial charge in [0, 0.05) is 30.5 Å². The van der Waals surface area contributed by atoms with E-state index in [9.17, 15) is 4.79 Å². The molecule has 1 aromatic carbocycles. The molecule has 0 bridgehead atoms. The van der Waals surface area contributed by atoms with Gasteiger partial charge in [-0.25, -0.2) is 4.98 Å². The Bertz CT molecular complexity index is 632. The van der Waals surface area contributed by atoms with E-state index >= 15 is 0 Å². The predicted octanol–water partition coefficient (Wildman–Crippen LogP) is 3.02. The largest absolute Gasteiger partial charge is 0.355 e. The molecule has 1 amide bonds. The number of hydrogen-bond donors (Lipinski definition) is 1. The molecule has 4 nitrogen and oxygen atoms in total. The van der Waals surface area contributed by atoms with Gasteiger partial charge in [0.15, 0.2) is 0 Å². The summed E-state index contributed by atoms with van der Waals surface area (Å²) in [6, 6.07) is 7.63. The van der Waals surface area contributed by atoms with Crippen LogP contribution in [0, 0.1) is 5.92 Å². The van der Waals surface area contributed by atoms with Crippen molar-refractivity contribution in [2.75, 3.05) is 6.54 Å². The van der Waals surface area contributed by atoms with Gasteiger partial charge in [0.2, 0.25) is 5.91 Å². The molecule has 116 valence electrons. The topological polar surface area (TPSA) is 46.9 Å². The van der Waals surface area contributed by atoms with Crippen LogP contribution in [-0.2, 0) is 16.8 Å². The van der Waals surface area contributed by atoms with E-state index in [-0.39, 0.29) is 11.3 Å². The Labute approximate surface area is 135 Å². The summed E-state index contributed by atoms with van der Waals surface area (Å²) in [4.78, 5) is 16.6. The number of carbonyl (C=O) groups is 1. The van der Waals surface area contributed by atoms with E-state index in [0.717, 1.165) is 24.9 Å². The molecule has 1 N–H and O–H groups in total. The average Bonchev–Trinajstić information content (AvgIpc) is 3.17. The number of hydrogen-bond acceptors (Lipinski definition) is 2. The number of rotatable bonds is 6. The fourth-order valence-electron chi connectivity index (χ4n) is 2.80. The fraction of sp³-hybridized carbons (Fsp3) is 0.412. The minimum absolute atomic E-state index is 0.132. The van der Waals surface area contributed by atoms with Gasteiger partial charge in [-0.05, 0) is 36.5 Å². The second-order valence-corrected chi connectivity index (χ2v) is 6.60. The van der Waals surface area contributed by atoms with Gasteiger partial charge in [0.05, 0.1) is 11.7 Å². The summed E-state index contributed by atoms with van der Waals surface area (Å²) >= 11 is 5.92. The molecule has 1 unspecified atom stereocenters. The summed E-state index contributed by atoms with van der Waals surface area (Å²) in [7, 11) is 0. The van der Waals surface area contributed by atoms with Gasteiger partial charge in [-0.3, -0.25) is 4.79 Å². The Morgan fingerprint density at radius 2 is 2.14 bits per heavy atom. The van der Waals surface area contributed by atoms with Gasteiger partial charge in [0.25, 0.3) is 0 Å². The summed E-state index contributed by atoms with van der Waals surface area (Å²) in [5.41, 5.74) is 0.732. The Balaban J connectivity index is 1.56. The molecule has 1 aliphatic rings. The summed E-state index contributed by atoms with van der Waals surface area (Å²) in [6.07, 6.45) is 7.33. The Hall–Kier alpha value is -1.81. The molecule has 1 heterocycles. The SMILES string of the molecule is CC(CNC(=O)C1(c2ccc(Cl)cc2)CC1)Cn1ccnc1. The third kappa shape index (κ3) is 3.17. The van der Waals surface area contributed by atoms with Crippen molar-refractivity contribution in [2.24, 2.45) is 5.92 Å². The van der Waals surface area contributed by atoms with E-state index in [0.29, 0.717) is 17.5 Å². The average molecular weight is 318 g/mol. The van der Waals surface area contributed by atoms with Crippen LogP contribution in [0.5, 0.6) is 0 Å². The second kappa shape index (κ2) is 6.13. The summed E-state index contributed by atoms with van der Waals surface area (Å²) in [6.45, 7) is 3.66.